The normalized spacial score (nSPS) is 18.8. The van der Waals surface area contributed by atoms with Gasteiger partial charge in [0.2, 0.25) is 0 Å². The fraction of sp³-hybridized carbons (Fsp3) is 0.385. The first-order valence-corrected chi connectivity index (χ1v) is 11.3. The Morgan fingerprint density at radius 3 is 2.45 bits per heavy atom. The molecule has 2 amide bonds. The first-order valence-electron chi connectivity index (χ1n) is 11.3. The maximum Gasteiger partial charge on any atom is 0.277 e. The number of carbonyl (C=O) groups is 2. The molecule has 174 valence electrons. The highest BCUT2D eigenvalue weighted by molar-refractivity contribution is 6.36. The van der Waals surface area contributed by atoms with Crippen LogP contribution in [0, 0.1) is 5.92 Å². The number of benzene rings is 2. The molecule has 1 fully saturated rings. The summed E-state index contributed by atoms with van der Waals surface area (Å²) < 4.78 is 10.7. The van der Waals surface area contributed by atoms with E-state index in [9.17, 15) is 14.7 Å². The first-order chi connectivity index (χ1) is 16.1. The zero-order valence-corrected chi connectivity index (χ0v) is 19.1. The van der Waals surface area contributed by atoms with Gasteiger partial charge in [0.25, 0.3) is 11.8 Å². The number of carbonyl (C=O) groups excluding carboxylic acids is 2. The van der Waals surface area contributed by atoms with Crippen LogP contribution in [0.4, 0.5) is 0 Å². The second-order valence-corrected chi connectivity index (χ2v) is 8.42. The van der Waals surface area contributed by atoms with Gasteiger partial charge in [-0.1, -0.05) is 30.3 Å². The quantitative estimate of drug-likeness (QED) is 0.623. The molecule has 2 aliphatic heterocycles. The molecule has 2 aromatic rings. The standard InChI is InChI=1S/C26H30N2O5/c1-32-20-11-9-18(10-12-20)13-15-28-25(30)23(21-7-3-4-8-22(21)33-2)24(26(28)31)27-14-5-6-19(16-27)17-29/h3-4,7-12,19,29H,5-6,13-17H2,1-2H3. The second kappa shape index (κ2) is 10.1. The number of likely N-dealkylation sites (tertiary alicyclic amines) is 1. The van der Waals surface area contributed by atoms with Crippen molar-refractivity contribution in [1.82, 2.24) is 9.80 Å². The number of nitrogens with zero attached hydrogens (tertiary/aromatic N) is 2. The largest absolute Gasteiger partial charge is 0.497 e. The molecule has 7 nitrogen and oxygen atoms in total. The Morgan fingerprint density at radius 1 is 1.00 bits per heavy atom. The minimum Gasteiger partial charge on any atom is -0.497 e. The summed E-state index contributed by atoms with van der Waals surface area (Å²) in [5, 5.41) is 9.70. The van der Waals surface area contributed by atoms with Gasteiger partial charge >= 0.3 is 0 Å². The van der Waals surface area contributed by atoms with Gasteiger partial charge < -0.3 is 19.5 Å². The van der Waals surface area contributed by atoms with Gasteiger partial charge in [-0.25, -0.2) is 0 Å². The SMILES string of the molecule is COc1ccc(CCN2C(=O)C(c3ccccc3OC)=C(N3CCCC(CO)C3)C2=O)cc1. The Morgan fingerprint density at radius 2 is 1.76 bits per heavy atom. The molecule has 0 spiro atoms. The number of amides is 2. The van der Waals surface area contributed by atoms with Crippen LogP contribution in [0.5, 0.6) is 11.5 Å². The average Bonchev–Trinajstić information content (AvgIpc) is 3.12. The van der Waals surface area contributed by atoms with Gasteiger partial charge in [-0.05, 0) is 48.9 Å². The lowest BCUT2D eigenvalue weighted by Crippen LogP contribution is -2.41. The Balaban J connectivity index is 1.66. The highest BCUT2D eigenvalue weighted by Crippen LogP contribution is 2.37. The van der Waals surface area contributed by atoms with Crippen LogP contribution in [0.1, 0.15) is 24.0 Å². The molecule has 7 heteroatoms. The fourth-order valence-corrected chi connectivity index (χ4v) is 4.60. The van der Waals surface area contributed by atoms with Gasteiger partial charge in [-0.2, -0.15) is 0 Å². The lowest BCUT2D eigenvalue weighted by Gasteiger charge is -2.34. The molecule has 1 atom stereocenters. The molecule has 0 saturated carbocycles. The smallest absolute Gasteiger partial charge is 0.277 e. The van der Waals surface area contributed by atoms with Crippen molar-refractivity contribution in [2.75, 3.05) is 40.5 Å². The molecule has 0 aromatic heterocycles. The van der Waals surface area contributed by atoms with Crippen LogP contribution in [0.2, 0.25) is 0 Å². The molecule has 0 bridgehead atoms. The zero-order chi connectivity index (χ0) is 23.4. The summed E-state index contributed by atoms with van der Waals surface area (Å²) in [6.45, 7) is 1.58. The number of imide groups is 1. The second-order valence-electron chi connectivity index (χ2n) is 8.42. The van der Waals surface area contributed by atoms with E-state index in [4.69, 9.17) is 9.47 Å². The minimum atomic E-state index is -0.306. The van der Waals surface area contributed by atoms with Crippen molar-refractivity contribution in [3.05, 3.63) is 65.4 Å². The number of aliphatic hydroxyl groups excluding tert-OH is 1. The molecule has 4 rings (SSSR count). The summed E-state index contributed by atoms with van der Waals surface area (Å²) in [6, 6.07) is 14.9. The Kier molecular flexibility index (Phi) is 6.99. The van der Waals surface area contributed by atoms with Crippen molar-refractivity contribution in [3.63, 3.8) is 0 Å². The lowest BCUT2D eigenvalue weighted by molar-refractivity contribution is -0.137. The highest BCUT2D eigenvalue weighted by Gasteiger charge is 2.43. The van der Waals surface area contributed by atoms with Gasteiger partial charge in [0.1, 0.15) is 17.2 Å². The molecule has 2 aliphatic rings. The average molecular weight is 451 g/mol. The van der Waals surface area contributed by atoms with Crippen LogP contribution in [-0.4, -0.2) is 67.2 Å². The molecule has 1 saturated heterocycles. The number of para-hydroxylation sites is 1. The third-order valence-corrected chi connectivity index (χ3v) is 6.40. The number of aliphatic hydroxyl groups is 1. The van der Waals surface area contributed by atoms with E-state index in [1.165, 1.54) is 4.90 Å². The lowest BCUT2D eigenvalue weighted by atomic mass is 9.96. The predicted molar refractivity (Wildman–Crippen MR) is 125 cm³/mol. The third-order valence-electron chi connectivity index (χ3n) is 6.40. The summed E-state index contributed by atoms with van der Waals surface area (Å²) in [7, 11) is 3.18. The predicted octanol–water partition coefficient (Wildman–Crippen LogP) is 2.73. The van der Waals surface area contributed by atoms with E-state index in [1.807, 2.05) is 47.4 Å². The van der Waals surface area contributed by atoms with E-state index < -0.39 is 0 Å². The van der Waals surface area contributed by atoms with Crippen LogP contribution in [-0.2, 0) is 16.0 Å². The summed E-state index contributed by atoms with van der Waals surface area (Å²) in [4.78, 5) is 30.5. The van der Waals surface area contributed by atoms with Gasteiger partial charge in [-0.15, -0.1) is 0 Å². The molecule has 1 unspecified atom stereocenters. The van der Waals surface area contributed by atoms with Gasteiger partial charge in [0.05, 0.1) is 19.8 Å². The van der Waals surface area contributed by atoms with E-state index in [2.05, 4.69) is 0 Å². The van der Waals surface area contributed by atoms with Crippen LogP contribution in [0.25, 0.3) is 5.57 Å². The number of piperidine rings is 1. The maximum atomic E-state index is 13.6. The fourth-order valence-electron chi connectivity index (χ4n) is 4.60. The molecule has 2 aromatic carbocycles. The number of methoxy groups -OCH3 is 2. The molecular weight excluding hydrogens is 420 g/mol. The van der Waals surface area contributed by atoms with Crippen LogP contribution < -0.4 is 9.47 Å². The monoisotopic (exact) mass is 450 g/mol. The van der Waals surface area contributed by atoms with Crippen molar-refractivity contribution in [2.24, 2.45) is 5.92 Å². The summed E-state index contributed by atoms with van der Waals surface area (Å²) in [5.74, 6) is 0.811. The third kappa shape index (κ3) is 4.59. The molecule has 1 N–H and O–H groups in total. The van der Waals surface area contributed by atoms with Crippen LogP contribution in [0.3, 0.4) is 0 Å². The summed E-state index contributed by atoms with van der Waals surface area (Å²) >= 11 is 0. The number of hydrogen-bond donors (Lipinski definition) is 1. The minimum absolute atomic E-state index is 0.0666. The maximum absolute atomic E-state index is 13.6. The zero-order valence-electron chi connectivity index (χ0n) is 19.1. The Labute approximate surface area is 194 Å². The Hall–Kier alpha value is -3.32. The van der Waals surface area contributed by atoms with Crippen molar-refractivity contribution < 1.29 is 24.2 Å². The molecule has 2 heterocycles. The summed E-state index contributed by atoms with van der Waals surface area (Å²) in [6.07, 6.45) is 2.32. The number of hydrogen-bond acceptors (Lipinski definition) is 6. The van der Waals surface area contributed by atoms with Crippen molar-refractivity contribution in [3.8, 4) is 11.5 Å². The topological polar surface area (TPSA) is 79.3 Å². The van der Waals surface area contributed by atoms with Gasteiger partial charge in [0, 0.05) is 31.8 Å². The molecular formula is C26H30N2O5. The van der Waals surface area contributed by atoms with E-state index in [-0.39, 0.29) is 30.9 Å². The van der Waals surface area contributed by atoms with E-state index in [0.29, 0.717) is 42.1 Å². The molecule has 0 radical (unpaired) electrons. The van der Waals surface area contributed by atoms with E-state index in [1.54, 1.807) is 20.3 Å². The van der Waals surface area contributed by atoms with E-state index in [0.717, 1.165) is 24.2 Å². The highest BCUT2D eigenvalue weighted by atomic mass is 16.5. The van der Waals surface area contributed by atoms with Crippen LogP contribution >= 0.6 is 0 Å². The van der Waals surface area contributed by atoms with E-state index >= 15 is 0 Å². The van der Waals surface area contributed by atoms with Crippen molar-refractivity contribution >= 4 is 17.4 Å². The summed E-state index contributed by atoms with van der Waals surface area (Å²) in [5.41, 5.74) is 2.43. The number of ether oxygens (including phenoxy) is 2. The van der Waals surface area contributed by atoms with Crippen LogP contribution in [0.15, 0.2) is 54.2 Å². The molecule has 0 aliphatic carbocycles. The Bertz CT molecular complexity index is 1050. The molecule has 33 heavy (non-hydrogen) atoms. The number of rotatable bonds is 8. The van der Waals surface area contributed by atoms with Crippen molar-refractivity contribution in [2.45, 2.75) is 19.3 Å². The first kappa shape index (κ1) is 22.9. The van der Waals surface area contributed by atoms with Gasteiger partial charge in [-0.3, -0.25) is 14.5 Å². The van der Waals surface area contributed by atoms with Gasteiger partial charge in [0.15, 0.2) is 0 Å². The van der Waals surface area contributed by atoms with Crippen molar-refractivity contribution in [1.29, 1.82) is 0 Å².